The van der Waals surface area contributed by atoms with Crippen LogP contribution in [0.1, 0.15) is 53.9 Å². The van der Waals surface area contributed by atoms with Crippen LogP contribution in [0.2, 0.25) is 0 Å². The van der Waals surface area contributed by atoms with Gasteiger partial charge in [0, 0.05) is 45.4 Å². The molecule has 1 aliphatic heterocycles. The van der Waals surface area contributed by atoms with Crippen molar-refractivity contribution in [3.63, 3.8) is 0 Å². The van der Waals surface area contributed by atoms with E-state index in [-0.39, 0.29) is 24.0 Å². The Morgan fingerprint density at radius 2 is 2.00 bits per heavy atom. The molecule has 1 unspecified atom stereocenters. The van der Waals surface area contributed by atoms with Crippen LogP contribution in [0.15, 0.2) is 4.99 Å². The molecule has 25 heavy (non-hydrogen) atoms. The second-order valence-corrected chi connectivity index (χ2v) is 7.57. The summed E-state index contributed by atoms with van der Waals surface area (Å²) in [5.41, 5.74) is 0. The Balaban J connectivity index is 0.00000576. The molecular formula is C19H41IN4O. The van der Waals surface area contributed by atoms with E-state index in [0.717, 1.165) is 45.2 Å². The second kappa shape index (κ2) is 15.0. The van der Waals surface area contributed by atoms with Crippen molar-refractivity contribution < 1.29 is 4.74 Å². The Morgan fingerprint density at radius 1 is 1.24 bits per heavy atom. The van der Waals surface area contributed by atoms with Crippen molar-refractivity contribution in [3.8, 4) is 0 Å². The smallest absolute Gasteiger partial charge is 0.191 e. The number of hydrogen-bond donors (Lipinski definition) is 2. The molecule has 0 saturated carbocycles. The number of nitrogens with one attached hydrogen (secondary N) is 2. The molecule has 2 N–H and O–H groups in total. The molecular weight excluding hydrogens is 427 g/mol. The summed E-state index contributed by atoms with van der Waals surface area (Å²) in [7, 11) is 0. The molecule has 1 atom stereocenters. The van der Waals surface area contributed by atoms with Crippen LogP contribution in [-0.2, 0) is 4.74 Å². The van der Waals surface area contributed by atoms with E-state index in [9.17, 15) is 0 Å². The molecule has 1 saturated heterocycles. The van der Waals surface area contributed by atoms with Crippen LogP contribution in [0.5, 0.6) is 0 Å². The molecule has 0 aromatic carbocycles. The van der Waals surface area contributed by atoms with Gasteiger partial charge in [-0.15, -0.1) is 24.0 Å². The van der Waals surface area contributed by atoms with E-state index in [1.165, 1.54) is 25.9 Å². The predicted molar refractivity (Wildman–Crippen MR) is 119 cm³/mol. The Morgan fingerprint density at radius 3 is 2.64 bits per heavy atom. The van der Waals surface area contributed by atoms with Crippen molar-refractivity contribution >= 4 is 29.9 Å². The summed E-state index contributed by atoms with van der Waals surface area (Å²) in [6, 6.07) is 0.647. The summed E-state index contributed by atoms with van der Waals surface area (Å²) < 4.78 is 5.62. The molecule has 0 aromatic heterocycles. The third-order valence-corrected chi connectivity index (χ3v) is 4.34. The molecule has 0 spiro atoms. The number of hydrogen-bond acceptors (Lipinski definition) is 3. The monoisotopic (exact) mass is 468 g/mol. The summed E-state index contributed by atoms with van der Waals surface area (Å²) in [5, 5.41) is 6.78. The molecule has 0 bridgehead atoms. The highest BCUT2D eigenvalue weighted by Gasteiger charge is 2.21. The molecule has 0 aromatic rings. The van der Waals surface area contributed by atoms with Crippen LogP contribution in [0.3, 0.4) is 0 Å². The maximum Gasteiger partial charge on any atom is 0.191 e. The lowest BCUT2D eigenvalue weighted by atomic mass is 9.97. The maximum absolute atomic E-state index is 5.62. The molecule has 1 fully saturated rings. The first-order chi connectivity index (χ1) is 11.5. The number of nitrogens with zero attached hydrogens (tertiary/aromatic N) is 2. The van der Waals surface area contributed by atoms with E-state index >= 15 is 0 Å². The number of rotatable bonds is 10. The fourth-order valence-electron chi connectivity index (χ4n) is 2.98. The highest BCUT2D eigenvalue weighted by atomic mass is 127. The first kappa shape index (κ1) is 24.9. The number of ether oxygens (including phenoxy) is 1. The average molecular weight is 468 g/mol. The van der Waals surface area contributed by atoms with Gasteiger partial charge >= 0.3 is 0 Å². The standard InChI is InChI=1S/C19H40N4O.HI/c1-6-20-19(21-10-8-12-24-15-16(2)3)22-13-18-9-7-11-23(14-18)17(4)5;/h16-18H,6-15H2,1-5H3,(H2,20,21,22);1H. The van der Waals surface area contributed by atoms with Crippen molar-refractivity contribution in [2.45, 2.75) is 59.9 Å². The van der Waals surface area contributed by atoms with Gasteiger partial charge in [0.15, 0.2) is 5.96 Å². The van der Waals surface area contributed by atoms with E-state index in [4.69, 9.17) is 9.73 Å². The van der Waals surface area contributed by atoms with Crippen molar-refractivity contribution in [1.29, 1.82) is 0 Å². The van der Waals surface area contributed by atoms with Crippen LogP contribution in [0, 0.1) is 11.8 Å². The van der Waals surface area contributed by atoms with Gasteiger partial charge in [0.1, 0.15) is 0 Å². The van der Waals surface area contributed by atoms with E-state index in [1.54, 1.807) is 0 Å². The third-order valence-electron chi connectivity index (χ3n) is 4.34. The summed E-state index contributed by atoms with van der Waals surface area (Å²) in [5.74, 6) is 2.24. The number of piperidine rings is 1. The zero-order valence-electron chi connectivity index (χ0n) is 17.0. The fraction of sp³-hybridized carbons (Fsp3) is 0.947. The molecule has 0 aliphatic carbocycles. The number of guanidine groups is 1. The molecule has 5 nitrogen and oxygen atoms in total. The number of aliphatic imine (C=N–C) groups is 1. The SMILES string of the molecule is CCNC(=NCC1CCCN(C(C)C)C1)NCCCOCC(C)C.I. The van der Waals surface area contributed by atoms with Crippen molar-refractivity contribution in [1.82, 2.24) is 15.5 Å². The first-order valence-electron chi connectivity index (χ1n) is 9.86. The summed E-state index contributed by atoms with van der Waals surface area (Å²) in [6.07, 6.45) is 3.62. The van der Waals surface area contributed by atoms with Gasteiger partial charge in [-0.2, -0.15) is 0 Å². The van der Waals surface area contributed by atoms with E-state index in [0.29, 0.717) is 17.9 Å². The molecule has 0 radical (unpaired) electrons. The highest BCUT2D eigenvalue weighted by molar-refractivity contribution is 14.0. The lowest BCUT2D eigenvalue weighted by Gasteiger charge is -2.34. The average Bonchev–Trinajstić information content (AvgIpc) is 2.55. The van der Waals surface area contributed by atoms with Gasteiger partial charge in [-0.05, 0) is 58.4 Å². The number of halogens is 1. The van der Waals surface area contributed by atoms with Gasteiger partial charge in [-0.25, -0.2) is 0 Å². The van der Waals surface area contributed by atoms with Gasteiger partial charge in [0.25, 0.3) is 0 Å². The van der Waals surface area contributed by atoms with Crippen LogP contribution in [-0.4, -0.2) is 62.8 Å². The summed E-state index contributed by atoms with van der Waals surface area (Å²) >= 11 is 0. The minimum Gasteiger partial charge on any atom is -0.381 e. The third kappa shape index (κ3) is 12.0. The zero-order chi connectivity index (χ0) is 17.8. The van der Waals surface area contributed by atoms with E-state index in [2.05, 4.69) is 50.2 Å². The molecule has 1 rings (SSSR count). The minimum atomic E-state index is 0. The van der Waals surface area contributed by atoms with Crippen molar-refractivity contribution in [3.05, 3.63) is 0 Å². The quantitative estimate of drug-likeness (QED) is 0.224. The lowest BCUT2D eigenvalue weighted by molar-refractivity contribution is 0.108. The molecule has 1 aliphatic rings. The summed E-state index contributed by atoms with van der Waals surface area (Å²) in [4.78, 5) is 7.38. The van der Waals surface area contributed by atoms with Gasteiger partial charge < -0.3 is 20.3 Å². The van der Waals surface area contributed by atoms with Gasteiger partial charge in [0.2, 0.25) is 0 Å². The van der Waals surface area contributed by atoms with E-state index < -0.39 is 0 Å². The van der Waals surface area contributed by atoms with Crippen molar-refractivity contribution in [2.75, 3.05) is 45.9 Å². The lowest BCUT2D eigenvalue weighted by Crippen LogP contribution is -2.42. The van der Waals surface area contributed by atoms with Gasteiger partial charge in [-0.1, -0.05) is 13.8 Å². The van der Waals surface area contributed by atoms with Crippen LogP contribution in [0.25, 0.3) is 0 Å². The molecule has 0 amide bonds. The Kier molecular flexibility index (Phi) is 15.0. The second-order valence-electron chi connectivity index (χ2n) is 7.57. The normalized spacial score (nSPS) is 19.2. The topological polar surface area (TPSA) is 48.9 Å². The molecule has 1 heterocycles. The Bertz CT molecular complexity index is 350. The minimum absolute atomic E-state index is 0. The fourth-order valence-corrected chi connectivity index (χ4v) is 2.98. The highest BCUT2D eigenvalue weighted by Crippen LogP contribution is 2.18. The first-order valence-corrected chi connectivity index (χ1v) is 9.86. The van der Waals surface area contributed by atoms with Gasteiger partial charge in [-0.3, -0.25) is 4.99 Å². The molecule has 6 heteroatoms. The largest absolute Gasteiger partial charge is 0.381 e. The van der Waals surface area contributed by atoms with Crippen LogP contribution >= 0.6 is 24.0 Å². The Hall–Kier alpha value is -0.0800. The number of likely N-dealkylation sites (tertiary alicyclic amines) is 1. The van der Waals surface area contributed by atoms with Crippen LogP contribution in [0.4, 0.5) is 0 Å². The van der Waals surface area contributed by atoms with Crippen LogP contribution < -0.4 is 10.6 Å². The van der Waals surface area contributed by atoms with Gasteiger partial charge in [0.05, 0.1) is 0 Å². The maximum atomic E-state index is 5.62. The Labute approximate surface area is 172 Å². The van der Waals surface area contributed by atoms with Crippen molar-refractivity contribution in [2.24, 2.45) is 16.8 Å². The van der Waals surface area contributed by atoms with E-state index in [1.807, 2.05) is 0 Å². The summed E-state index contributed by atoms with van der Waals surface area (Å²) in [6.45, 7) is 17.9. The molecule has 150 valence electrons. The predicted octanol–water partition coefficient (Wildman–Crippen LogP) is 3.34. The zero-order valence-corrected chi connectivity index (χ0v) is 19.3.